The third-order valence-corrected chi connectivity index (χ3v) is 2.14. The summed E-state index contributed by atoms with van der Waals surface area (Å²) in [5.41, 5.74) is -1.19. The van der Waals surface area contributed by atoms with E-state index in [1.165, 1.54) is 7.05 Å². The van der Waals surface area contributed by atoms with Crippen LogP contribution < -0.4 is 5.32 Å². The molecule has 3 unspecified atom stereocenters. The molecular weight excluding hydrogens is 202 g/mol. The minimum atomic E-state index is -1.55. The summed E-state index contributed by atoms with van der Waals surface area (Å²) in [6.07, 6.45) is -1.27. The zero-order valence-corrected chi connectivity index (χ0v) is 7.43. The van der Waals surface area contributed by atoms with Crippen molar-refractivity contribution in [2.75, 3.05) is 7.05 Å². The topological polar surface area (TPSA) is 95.7 Å². The van der Waals surface area contributed by atoms with Crippen molar-refractivity contribution in [1.29, 1.82) is 0 Å². The molecule has 1 heterocycles. The molecule has 0 aromatic rings. The van der Waals surface area contributed by atoms with Crippen molar-refractivity contribution in [1.82, 2.24) is 10.2 Å². The van der Waals surface area contributed by atoms with Crippen LogP contribution in [0.15, 0.2) is 0 Å². The van der Waals surface area contributed by atoms with Crippen molar-refractivity contribution in [3.8, 4) is 0 Å². The summed E-state index contributed by atoms with van der Waals surface area (Å²) in [7, 11) is 1.25. The molecule has 1 saturated heterocycles. The number of hydrogen-bond acceptors (Lipinski definition) is 5. The van der Waals surface area contributed by atoms with Crippen molar-refractivity contribution in [3.05, 3.63) is 10.1 Å². The van der Waals surface area contributed by atoms with Gasteiger partial charge in [0.15, 0.2) is 11.9 Å². The van der Waals surface area contributed by atoms with E-state index in [0.717, 1.165) is 4.90 Å². The number of carbonyl (C=O) groups is 1. The van der Waals surface area contributed by atoms with E-state index in [0.29, 0.717) is 0 Å². The minimum absolute atomic E-state index is 0.782. The molecule has 0 bridgehead atoms. The molecule has 0 aromatic carbocycles. The Bertz CT molecular complexity index is 248. The van der Waals surface area contributed by atoms with Crippen LogP contribution in [0.25, 0.3) is 0 Å². The van der Waals surface area contributed by atoms with Gasteiger partial charge >= 0.3 is 11.9 Å². The van der Waals surface area contributed by atoms with Crippen LogP contribution in [-0.4, -0.2) is 45.8 Å². The van der Waals surface area contributed by atoms with E-state index in [2.05, 4.69) is 5.32 Å². The molecule has 13 heavy (non-hydrogen) atoms. The van der Waals surface area contributed by atoms with Crippen LogP contribution in [0, 0.1) is 10.1 Å². The SMILES string of the molecule is CN1C(=O)C([N+](=O)[O-])C(Cl)NC1O. The Labute approximate surface area is 78.4 Å². The first-order valence-corrected chi connectivity index (χ1v) is 3.87. The minimum Gasteiger partial charge on any atom is -0.361 e. The molecule has 8 heteroatoms. The lowest BCUT2D eigenvalue weighted by Gasteiger charge is -2.33. The van der Waals surface area contributed by atoms with Crippen molar-refractivity contribution in [3.63, 3.8) is 0 Å². The summed E-state index contributed by atoms with van der Waals surface area (Å²) in [6.45, 7) is 0. The van der Waals surface area contributed by atoms with Gasteiger partial charge in [0, 0.05) is 12.0 Å². The van der Waals surface area contributed by atoms with E-state index in [4.69, 9.17) is 16.7 Å². The quantitative estimate of drug-likeness (QED) is 0.238. The molecule has 2 N–H and O–H groups in total. The second kappa shape index (κ2) is 3.44. The van der Waals surface area contributed by atoms with Crippen molar-refractivity contribution in [2.24, 2.45) is 0 Å². The molecule has 1 rings (SSSR count). The van der Waals surface area contributed by atoms with Crippen LogP contribution in [0.4, 0.5) is 0 Å². The molecule has 3 atom stereocenters. The number of hydrogen-bond donors (Lipinski definition) is 2. The maximum absolute atomic E-state index is 11.2. The lowest BCUT2D eigenvalue weighted by atomic mass is 10.2. The molecule has 0 aromatic heterocycles. The zero-order chi connectivity index (χ0) is 10.2. The molecular formula is C5H8ClN3O4. The largest absolute Gasteiger partial charge is 0.361 e. The first-order chi connectivity index (χ1) is 5.95. The van der Waals surface area contributed by atoms with E-state index in [1.807, 2.05) is 0 Å². The first kappa shape index (κ1) is 10.2. The van der Waals surface area contributed by atoms with Gasteiger partial charge in [-0.15, -0.1) is 0 Å². The summed E-state index contributed by atoms with van der Waals surface area (Å²) in [6, 6.07) is -1.55. The predicted octanol–water partition coefficient (Wildman–Crippen LogP) is -1.47. The molecule has 0 spiro atoms. The van der Waals surface area contributed by atoms with Crippen molar-refractivity contribution in [2.45, 2.75) is 17.9 Å². The smallest absolute Gasteiger partial charge is 0.318 e. The zero-order valence-electron chi connectivity index (χ0n) is 6.68. The average molecular weight is 210 g/mol. The van der Waals surface area contributed by atoms with Gasteiger partial charge in [0.25, 0.3) is 0 Å². The van der Waals surface area contributed by atoms with Crippen LogP contribution in [-0.2, 0) is 4.79 Å². The standard InChI is InChI=1S/C5H8ClN3O4/c1-8-4(10)2(9(12)13)3(6)7-5(8)11/h2-3,5,7,11H,1H3. The second-order valence-corrected chi connectivity index (χ2v) is 3.09. The maximum atomic E-state index is 11.2. The molecule has 1 aliphatic rings. The Morgan fingerprint density at radius 2 is 2.31 bits per heavy atom. The van der Waals surface area contributed by atoms with Gasteiger partial charge in [-0.05, 0) is 0 Å². The van der Waals surface area contributed by atoms with E-state index in [1.54, 1.807) is 0 Å². The number of nitro groups is 1. The Morgan fingerprint density at radius 1 is 1.77 bits per heavy atom. The normalized spacial score (nSPS) is 34.8. The maximum Gasteiger partial charge on any atom is 0.318 e. The van der Waals surface area contributed by atoms with Crippen molar-refractivity contribution < 1.29 is 14.8 Å². The van der Waals surface area contributed by atoms with Crippen LogP contribution in [0.3, 0.4) is 0 Å². The highest BCUT2D eigenvalue weighted by atomic mass is 35.5. The van der Waals surface area contributed by atoms with Gasteiger partial charge < -0.3 is 10.0 Å². The summed E-state index contributed by atoms with van der Waals surface area (Å²) >= 11 is 5.47. The summed E-state index contributed by atoms with van der Waals surface area (Å²) in [5.74, 6) is -0.809. The van der Waals surface area contributed by atoms with Gasteiger partial charge in [0.05, 0.1) is 0 Å². The summed E-state index contributed by atoms with van der Waals surface area (Å²) < 4.78 is 0. The fraction of sp³-hybridized carbons (Fsp3) is 0.800. The molecule has 1 amide bonds. The van der Waals surface area contributed by atoms with Crippen LogP contribution in [0.5, 0.6) is 0 Å². The highest BCUT2D eigenvalue weighted by Gasteiger charge is 2.46. The Balaban J connectivity index is 2.86. The highest BCUT2D eigenvalue weighted by Crippen LogP contribution is 2.13. The van der Waals surface area contributed by atoms with Gasteiger partial charge in [-0.1, -0.05) is 11.6 Å². The van der Waals surface area contributed by atoms with Crippen LogP contribution in [0.1, 0.15) is 0 Å². The van der Waals surface area contributed by atoms with Gasteiger partial charge in [-0.3, -0.25) is 20.2 Å². The number of rotatable bonds is 1. The Hall–Kier alpha value is -0.920. The molecule has 0 radical (unpaired) electrons. The third-order valence-electron chi connectivity index (χ3n) is 1.78. The molecule has 1 aliphatic heterocycles. The van der Waals surface area contributed by atoms with Crippen LogP contribution in [0.2, 0.25) is 0 Å². The van der Waals surface area contributed by atoms with Gasteiger partial charge in [0.2, 0.25) is 0 Å². The fourth-order valence-electron chi connectivity index (χ4n) is 0.997. The van der Waals surface area contributed by atoms with Gasteiger partial charge in [-0.25, -0.2) is 0 Å². The van der Waals surface area contributed by atoms with E-state index in [9.17, 15) is 14.9 Å². The van der Waals surface area contributed by atoms with E-state index < -0.39 is 28.7 Å². The number of amides is 1. The van der Waals surface area contributed by atoms with Crippen LogP contribution >= 0.6 is 11.6 Å². The lowest BCUT2D eigenvalue weighted by molar-refractivity contribution is -0.512. The molecule has 0 saturated carbocycles. The highest BCUT2D eigenvalue weighted by molar-refractivity contribution is 6.22. The molecule has 74 valence electrons. The number of aliphatic hydroxyl groups excluding tert-OH is 1. The average Bonchev–Trinajstić information content (AvgIpc) is 1.99. The predicted molar refractivity (Wildman–Crippen MR) is 42.3 cm³/mol. The number of aliphatic hydroxyl groups is 1. The number of nitrogens with zero attached hydrogens (tertiary/aromatic N) is 2. The summed E-state index contributed by atoms with van der Waals surface area (Å²) in [4.78, 5) is 21.6. The second-order valence-electron chi connectivity index (χ2n) is 2.62. The van der Waals surface area contributed by atoms with Crippen molar-refractivity contribution >= 4 is 17.5 Å². The molecule has 1 fully saturated rings. The monoisotopic (exact) mass is 209 g/mol. The summed E-state index contributed by atoms with van der Waals surface area (Å²) in [5, 5.41) is 21.8. The number of nitrogens with one attached hydrogen (secondary N) is 1. The molecule has 0 aliphatic carbocycles. The number of likely N-dealkylation sites (N-methyl/N-ethyl adjacent to an activating group) is 1. The van der Waals surface area contributed by atoms with Gasteiger partial charge in [0.1, 0.15) is 0 Å². The number of halogens is 1. The Morgan fingerprint density at radius 3 is 2.77 bits per heavy atom. The fourth-order valence-corrected chi connectivity index (χ4v) is 1.31. The lowest BCUT2D eigenvalue weighted by Crippen LogP contribution is -2.64. The first-order valence-electron chi connectivity index (χ1n) is 3.43. The molecule has 7 nitrogen and oxygen atoms in total. The number of carbonyl (C=O) groups excluding carboxylic acids is 1. The van der Waals surface area contributed by atoms with Gasteiger partial charge in [-0.2, -0.15) is 0 Å². The third kappa shape index (κ3) is 1.71. The number of alkyl halides is 1. The van der Waals surface area contributed by atoms with E-state index in [-0.39, 0.29) is 0 Å². The van der Waals surface area contributed by atoms with E-state index >= 15 is 0 Å². The Kier molecular flexibility index (Phi) is 2.69.